The minimum Gasteiger partial charge on any atom is -0.234 e. The molecule has 0 fully saturated rings. The smallest absolute Gasteiger partial charge is 0.234 e. The molecule has 1 heterocycles. The van der Waals surface area contributed by atoms with Gasteiger partial charge in [0, 0.05) is 6.42 Å². The van der Waals surface area contributed by atoms with Gasteiger partial charge in [-0.1, -0.05) is 181 Å². The summed E-state index contributed by atoms with van der Waals surface area (Å²) in [6.07, 6.45) is 48.9. The van der Waals surface area contributed by atoms with Crippen LogP contribution < -0.4 is 4.57 Å². The molecule has 0 atom stereocenters. The summed E-state index contributed by atoms with van der Waals surface area (Å²) in [6, 6.07) is 0. The second-order valence-corrected chi connectivity index (χ2v) is 13.4. The molecule has 0 aromatic carbocycles. The fourth-order valence-electron chi connectivity index (χ4n) is 6.50. The van der Waals surface area contributed by atoms with E-state index in [9.17, 15) is 0 Å². The van der Waals surface area contributed by atoms with Gasteiger partial charge in [-0.2, -0.15) is 0 Å². The summed E-state index contributed by atoms with van der Waals surface area (Å²) in [7, 11) is 0. The Kier molecular flexibility index (Phi) is 28.6. The quantitative estimate of drug-likeness (QED) is 0.0584. The monoisotopic (exact) mass is 574 g/mol. The van der Waals surface area contributed by atoms with Crippen LogP contribution in [0.5, 0.6) is 0 Å². The SMILES string of the molecule is CCCCCCCCCCCCCCCCc1n(CCCCCCCCCC)cc[n+]1CCCCCCCCCC. The molecule has 0 N–H and O–H groups in total. The van der Waals surface area contributed by atoms with Crippen molar-refractivity contribution in [3.63, 3.8) is 0 Å². The standard InChI is InChI=1S/C39H77N2/c1-4-7-10-13-16-19-20-21-22-23-24-25-28-31-34-39-40(35-32-29-26-17-14-11-8-5-2)37-38-41(39)36-33-30-27-18-15-12-9-6-3/h37-38H,4-36H2,1-3H3/q+1. The van der Waals surface area contributed by atoms with Crippen LogP contribution in [0.3, 0.4) is 0 Å². The van der Waals surface area contributed by atoms with Crippen molar-refractivity contribution < 1.29 is 4.57 Å². The highest BCUT2D eigenvalue weighted by atomic mass is 15.1. The first-order chi connectivity index (χ1) is 20.3. The molecule has 0 spiro atoms. The molecule has 242 valence electrons. The molecule has 0 unspecified atom stereocenters. The van der Waals surface area contributed by atoms with E-state index in [1.165, 1.54) is 212 Å². The Morgan fingerprint density at radius 1 is 0.415 bits per heavy atom. The zero-order chi connectivity index (χ0) is 29.5. The fraction of sp³-hybridized carbons (Fsp3) is 0.923. The molecule has 1 aromatic heterocycles. The van der Waals surface area contributed by atoms with E-state index < -0.39 is 0 Å². The summed E-state index contributed by atoms with van der Waals surface area (Å²) in [5.41, 5.74) is 0. The van der Waals surface area contributed by atoms with Crippen molar-refractivity contribution in [3.8, 4) is 0 Å². The van der Waals surface area contributed by atoms with E-state index >= 15 is 0 Å². The second kappa shape index (κ2) is 30.7. The lowest BCUT2D eigenvalue weighted by Crippen LogP contribution is -2.37. The third-order valence-corrected chi connectivity index (χ3v) is 9.35. The summed E-state index contributed by atoms with van der Waals surface area (Å²) in [6.45, 7) is 9.40. The lowest BCUT2D eigenvalue weighted by atomic mass is 10.0. The molecule has 0 saturated heterocycles. The van der Waals surface area contributed by atoms with Gasteiger partial charge < -0.3 is 0 Å². The zero-order valence-electron chi connectivity index (χ0n) is 28.9. The van der Waals surface area contributed by atoms with E-state index in [1.807, 2.05) is 0 Å². The molecule has 0 aliphatic rings. The predicted octanol–water partition coefficient (Wildman–Crippen LogP) is 13.1. The Morgan fingerprint density at radius 3 is 1.17 bits per heavy atom. The maximum absolute atomic E-state index is 2.63. The van der Waals surface area contributed by atoms with Gasteiger partial charge in [-0.3, -0.25) is 0 Å². The van der Waals surface area contributed by atoms with Crippen molar-refractivity contribution in [2.75, 3.05) is 0 Å². The van der Waals surface area contributed by atoms with E-state index in [4.69, 9.17) is 0 Å². The predicted molar refractivity (Wildman–Crippen MR) is 184 cm³/mol. The second-order valence-electron chi connectivity index (χ2n) is 13.4. The molecule has 0 saturated carbocycles. The van der Waals surface area contributed by atoms with Gasteiger partial charge in [0.25, 0.3) is 5.82 Å². The Hall–Kier alpha value is -0.790. The van der Waals surface area contributed by atoms with Gasteiger partial charge in [-0.15, -0.1) is 0 Å². The van der Waals surface area contributed by atoms with Crippen LogP contribution in [0.1, 0.15) is 219 Å². The zero-order valence-corrected chi connectivity index (χ0v) is 28.9. The number of nitrogens with zero attached hydrogens (tertiary/aromatic N) is 2. The molecule has 0 radical (unpaired) electrons. The summed E-state index contributed by atoms with van der Waals surface area (Å²) in [5, 5.41) is 0. The number of hydrogen-bond acceptors (Lipinski definition) is 0. The van der Waals surface area contributed by atoms with Gasteiger partial charge in [0.1, 0.15) is 12.4 Å². The molecule has 41 heavy (non-hydrogen) atoms. The summed E-state index contributed by atoms with van der Waals surface area (Å²) in [5.74, 6) is 1.62. The van der Waals surface area contributed by atoms with Crippen LogP contribution in [0, 0.1) is 0 Å². The Balaban J connectivity index is 2.28. The maximum Gasteiger partial charge on any atom is 0.256 e. The molecule has 1 rings (SSSR count). The molecular formula is C39H77N2+. The van der Waals surface area contributed by atoms with Crippen molar-refractivity contribution in [1.29, 1.82) is 0 Å². The van der Waals surface area contributed by atoms with E-state index in [-0.39, 0.29) is 0 Å². The van der Waals surface area contributed by atoms with E-state index in [1.54, 1.807) is 5.82 Å². The molecule has 0 bridgehead atoms. The minimum absolute atomic E-state index is 1.23. The number of aromatic nitrogens is 2. The van der Waals surface area contributed by atoms with Crippen LogP contribution in [-0.2, 0) is 19.5 Å². The molecule has 1 aromatic rings. The molecule has 2 nitrogen and oxygen atoms in total. The van der Waals surface area contributed by atoms with Crippen molar-refractivity contribution in [2.45, 2.75) is 233 Å². The number of aryl methyl sites for hydroxylation is 2. The molecule has 0 amide bonds. The first-order valence-electron chi connectivity index (χ1n) is 19.4. The number of unbranched alkanes of at least 4 members (excludes halogenated alkanes) is 27. The Morgan fingerprint density at radius 2 is 0.756 bits per heavy atom. The summed E-state index contributed by atoms with van der Waals surface area (Å²) >= 11 is 0. The molecular weight excluding hydrogens is 496 g/mol. The van der Waals surface area contributed by atoms with Crippen LogP contribution in [0.4, 0.5) is 0 Å². The lowest BCUT2D eigenvalue weighted by Gasteiger charge is -2.07. The first-order valence-corrected chi connectivity index (χ1v) is 19.4. The van der Waals surface area contributed by atoms with Gasteiger partial charge in [-0.25, -0.2) is 9.13 Å². The van der Waals surface area contributed by atoms with Crippen molar-refractivity contribution in [3.05, 3.63) is 18.2 Å². The van der Waals surface area contributed by atoms with E-state index in [2.05, 4.69) is 42.3 Å². The molecule has 2 heteroatoms. The third-order valence-electron chi connectivity index (χ3n) is 9.35. The van der Waals surface area contributed by atoms with Crippen LogP contribution in [0.25, 0.3) is 0 Å². The highest BCUT2D eigenvalue weighted by molar-refractivity contribution is 4.84. The fourth-order valence-corrected chi connectivity index (χ4v) is 6.50. The van der Waals surface area contributed by atoms with Crippen LogP contribution in [-0.4, -0.2) is 4.57 Å². The van der Waals surface area contributed by atoms with Crippen molar-refractivity contribution in [2.24, 2.45) is 0 Å². The summed E-state index contributed by atoms with van der Waals surface area (Å²) < 4.78 is 5.26. The Labute approximate surface area is 259 Å². The van der Waals surface area contributed by atoms with Crippen LogP contribution >= 0.6 is 0 Å². The maximum atomic E-state index is 2.63. The van der Waals surface area contributed by atoms with Gasteiger partial charge in [0.2, 0.25) is 0 Å². The molecule has 0 aliphatic heterocycles. The largest absolute Gasteiger partial charge is 0.256 e. The van der Waals surface area contributed by atoms with Gasteiger partial charge in [-0.05, 0) is 32.1 Å². The average molecular weight is 574 g/mol. The first kappa shape index (κ1) is 38.2. The molecule has 0 aliphatic carbocycles. The third kappa shape index (κ3) is 23.4. The summed E-state index contributed by atoms with van der Waals surface area (Å²) in [4.78, 5) is 0. The van der Waals surface area contributed by atoms with E-state index in [0.29, 0.717) is 0 Å². The minimum atomic E-state index is 1.23. The lowest BCUT2D eigenvalue weighted by molar-refractivity contribution is -0.704. The van der Waals surface area contributed by atoms with Crippen LogP contribution in [0.2, 0.25) is 0 Å². The topological polar surface area (TPSA) is 8.81 Å². The number of hydrogen-bond donors (Lipinski definition) is 0. The van der Waals surface area contributed by atoms with Gasteiger partial charge in [0.05, 0.1) is 13.1 Å². The number of rotatable bonds is 33. The van der Waals surface area contributed by atoms with Gasteiger partial charge >= 0.3 is 0 Å². The Bertz CT molecular complexity index is 596. The highest BCUT2D eigenvalue weighted by Gasteiger charge is 2.16. The normalized spacial score (nSPS) is 11.6. The van der Waals surface area contributed by atoms with E-state index in [0.717, 1.165) is 0 Å². The van der Waals surface area contributed by atoms with Crippen molar-refractivity contribution in [1.82, 2.24) is 4.57 Å². The van der Waals surface area contributed by atoms with Gasteiger partial charge in [0.15, 0.2) is 0 Å². The van der Waals surface area contributed by atoms with Crippen molar-refractivity contribution >= 4 is 0 Å². The average Bonchev–Trinajstić information content (AvgIpc) is 3.37. The number of imidazole rings is 1. The highest BCUT2D eigenvalue weighted by Crippen LogP contribution is 2.15. The van der Waals surface area contributed by atoms with Crippen LogP contribution in [0.15, 0.2) is 12.4 Å².